The van der Waals surface area contributed by atoms with Gasteiger partial charge in [-0.2, -0.15) is 13.2 Å². The molecule has 1 nitrogen and oxygen atoms in total. The van der Waals surface area contributed by atoms with E-state index in [0.29, 0.717) is 0 Å². The summed E-state index contributed by atoms with van der Waals surface area (Å²) in [5.74, 6) is 0. The molecule has 1 heterocycles. The summed E-state index contributed by atoms with van der Waals surface area (Å²) >= 11 is 1.68. The van der Waals surface area contributed by atoms with Crippen LogP contribution in [0.4, 0.5) is 13.2 Å². The predicted octanol–water partition coefficient (Wildman–Crippen LogP) is 9.47. The number of nitrogens with zero attached hydrogens (tertiary/aromatic N) is 1. The Morgan fingerprint density at radius 1 is 0.571 bits per heavy atom. The normalized spacial score (nSPS) is 11.9. The predicted molar refractivity (Wildman–Crippen MR) is 138 cm³/mol. The Kier molecular flexibility index (Phi) is 5.15. The van der Waals surface area contributed by atoms with Crippen LogP contribution in [0.2, 0.25) is 0 Å². The zero-order valence-corrected chi connectivity index (χ0v) is 19.2. The fourth-order valence-electron chi connectivity index (χ4n) is 4.44. The third-order valence-corrected chi connectivity index (χ3v) is 7.24. The van der Waals surface area contributed by atoms with Crippen LogP contribution >= 0.6 is 11.3 Å². The van der Waals surface area contributed by atoms with Crippen molar-refractivity contribution in [2.24, 2.45) is 0 Å². The molecule has 5 aromatic carbocycles. The molecule has 6 aromatic rings. The lowest BCUT2D eigenvalue weighted by atomic mass is 9.93. The Morgan fingerprint density at radius 3 is 1.97 bits per heavy atom. The number of hydrogen-bond donors (Lipinski definition) is 0. The highest BCUT2D eigenvalue weighted by atomic mass is 32.1. The maximum absolute atomic E-state index is 13.0. The van der Waals surface area contributed by atoms with Crippen LogP contribution in [0.3, 0.4) is 0 Å². The molecule has 0 saturated carbocycles. The lowest BCUT2D eigenvalue weighted by molar-refractivity contribution is -0.137. The number of aromatic nitrogens is 1. The van der Waals surface area contributed by atoms with Gasteiger partial charge in [-0.05, 0) is 63.4 Å². The summed E-state index contributed by atoms with van der Waals surface area (Å²) in [6.45, 7) is 0. The zero-order chi connectivity index (χ0) is 24.0. The number of hydrogen-bond acceptors (Lipinski definition) is 2. The van der Waals surface area contributed by atoms with Gasteiger partial charge in [-0.1, -0.05) is 78.9 Å². The molecule has 0 bridgehead atoms. The molecule has 0 unspecified atom stereocenters. The topological polar surface area (TPSA) is 12.9 Å². The van der Waals surface area contributed by atoms with Gasteiger partial charge in [-0.3, -0.25) is 0 Å². The van der Waals surface area contributed by atoms with Gasteiger partial charge in [0.2, 0.25) is 0 Å². The molecule has 0 aliphatic rings. The van der Waals surface area contributed by atoms with Gasteiger partial charge < -0.3 is 0 Å². The summed E-state index contributed by atoms with van der Waals surface area (Å²) in [5.41, 5.74) is 5.13. The lowest BCUT2D eigenvalue weighted by Gasteiger charge is -2.12. The first kappa shape index (κ1) is 21.6. The Bertz CT molecular complexity index is 1650. The Morgan fingerprint density at radius 2 is 1.23 bits per heavy atom. The van der Waals surface area contributed by atoms with Crippen molar-refractivity contribution >= 4 is 32.3 Å². The van der Waals surface area contributed by atoms with Crippen LogP contribution in [0.25, 0.3) is 53.8 Å². The quantitative estimate of drug-likeness (QED) is 0.245. The van der Waals surface area contributed by atoms with E-state index in [2.05, 4.69) is 30.3 Å². The van der Waals surface area contributed by atoms with E-state index >= 15 is 0 Å². The average molecular weight is 482 g/mol. The van der Waals surface area contributed by atoms with Crippen molar-refractivity contribution in [2.45, 2.75) is 6.18 Å². The minimum absolute atomic E-state index is 0.645. The second kappa shape index (κ2) is 8.36. The van der Waals surface area contributed by atoms with Crippen LogP contribution in [-0.4, -0.2) is 4.98 Å². The second-order valence-electron chi connectivity index (χ2n) is 8.35. The molecule has 5 heteroatoms. The Balaban J connectivity index is 1.45. The smallest absolute Gasteiger partial charge is 0.236 e. The van der Waals surface area contributed by atoms with Gasteiger partial charge in [0, 0.05) is 5.56 Å². The molecule has 170 valence electrons. The molecular formula is C30H18F3NS. The molecule has 0 aliphatic carbocycles. The summed E-state index contributed by atoms with van der Waals surface area (Å²) in [7, 11) is 0. The molecule has 0 aliphatic heterocycles. The summed E-state index contributed by atoms with van der Waals surface area (Å²) in [5, 5.41) is 3.20. The van der Waals surface area contributed by atoms with E-state index in [9.17, 15) is 13.2 Å². The van der Waals surface area contributed by atoms with E-state index in [1.54, 1.807) is 11.3 Å². The first-order valence-corrected chi connectivity index (χ1v) is 11.9. The van der Waals surface area contributed by atoms with Crippen LogP contribution in [0.5, 0.6) is 0 Å². The van der Waals surface area contributed by atoms with Gasteiger partial charge in [-0.25, -0.2) is 4.98 Å². The van der Waals surface area contributed by atoms with E-state index in [-0.39, 0.29) is 0 Å². The number of thiazole rings is 1. The number of halogens is 3. The molecule has 35 heavy (non-hydrogen) atoms. The van der Waals surface area contributed by atoms with Crippen LogP contribution in [0, 0.1) is 0 Å². The molecule has 0 fully saturated rings. The number of para-hydroxylation sites is 1. The third-order valence-electron chi connectivity index (χ3n) is 6.17. The number of fused-ring (bicyclic) bond motifs is 2. The summed E-state index contributed by atoms with van der Waals surface area (Å²) in [6, 6.07) is 33.8. The first-order valence-electron chi connectivity index (χ1n) is 11.1. The van der Waals surface area contributed by atoms with Crippen molar-refractivity contribution in [3.63, 3.8) is 0 Å². The third kappa shape index (κ3) is 3.98. The van der Waals surface area contributed by atoms with E-state index in [1.807, 2.05) is 54.6 Å². The maximum atomic E-state index is 13.0. The van der Waals surface area contributed by atoms with E-state index < -0.39 is 11.7 Å². The summed E-state index contributed by atoms with van der Waals surface area (Å²) < 4.78 is 40.1. The van der Waals surface area contributed by atoms with E-state index in [4.69, 9.17) is 4.98 Å². The van der Waals surface area contributed by atoms with E-state index in [1.165, 1.54) is 12.1 Å². The van der Waals surface area contributed by atoms with E-state index in [0.717, 1.165) is 65.9 Å². The van der Waals surface area contributed by atoms with Crippen LogP contribution < -0.4 is 0 Å². The Labute approximate surface area is 204 Å². The summed E-state index contributed by atoms with van der Waals surface area (Å²) in [6.07, 6.45) is -4.34. The van der Waals surface area contributed by atoms with Crippen molar-refractivity contribution in [3.05, 3.63) is 115 Å². The van der Waals surface area contributed by atoms with Gasteiger partial charge in [-0.15, -0.1) is 11.3 Å². The molecule has 0 atom stereocenters. The minimum atomic E-state index is -4.34. The van der Waals surface area contributed by atoms with Crippen molar-refractivity contribution in [3.8, 4) is 32.8 Å². The number of rotatable bonds is 3. The number of alkyl halides is 3. The molecule has 0 N–H and O–H groups in total. The maximum Gasteiger partial charge on any atom is 0.416 e. The molecule has 0 spiro atoms. The SMILES string of the molecule is FC(F)(F)c1ccc(-c2cccc(-c3ccc(-c4nc5ccccc5s4)c4ccccc34)c2)cc1. The average Bonchev–Trinajstić information content (AvgIpc) is 3.32. The highest BCUT2D eigenvalue weighted by molar-refractivity contribution is 7.21. The van der Waals surface area contributed by atoms with Crippen molar-refractivity contribution in [1.82, 2.24) is 4.98 Å². The molecule has 1 aromatic heterocycles. The van der Waals surface area contributed by atoms with Gasteiger partial charge in [0.1, 0.15) is 5.01 Å². The van der Waals surface area contributed by atoms with Gasteiger partial charge >= 0.3 is 6.18 Å². The number of benzene rings is 5. The highest BCUT2D eigenvalue weighted by Crippen LogP contribution is 2.39. The molecule has 6 rings (SSSR count). The van der Waals surface area contributed by atoms with Gasteiger partial charge in [0.15, 0.2) is 0 Å². The largest absolute Gasteiger partial charge is 0.416 e. The highest BCUT2D eigenvalue weighted by Gasteiger charge is 2.30. The fraction of sp³-hybridized carbons (Fsp3) is 0.0333. The van der Waals surface area contributed by atoms with Crippen LogP contribution in [0.1, 0.15) is 5.56 Å². The minimum Gasteiger partial charge on any atom is -0.236 e. The second-order valence-corrected chi connectivity index (χ2v) is 9.38. The molecule has 0 radical (unpaired) electrons. The molecule has 0 amide bonds. The Hall–Kier alpha value is -3.96. The van der Waals surface area contributed by atoms with Crippen molar-refractivity contribution in [1.29, 1.82) is 0 Å². The van der Waals surface area contributed by atoms with Gasteiger partial charge in [0.25, 0.3) is 0 Å². The zero-order valence-electron chi connectivity index (χ0n) is 18.4. The lowest BCUT2D eigenvalue weighted by Crippen LogP contribution is -2.03. The molecule has 0 saturated heterocycles. The molecular weight excluding hydrogens is 463 g/mol. The fourth-order valence-corrected chi connectivity index (χ4v) is 5.45. The van der Waals surface area contributed by atoms with Crippen LogP contribution in [-0.2, 0) is 6.18 Å². The van der Waals surface area contributed by atoms with Gasteiger partial charge in [0.05, 0.1) is 15.8 Å². The van der Waals surface area contributed by atoms with Crippen molar-refractivity contribution < 1.29 is 13.2 Å². The monoisotopic (exact) mass is 481 g/mol. The standard InChI is InChI=1S/C30H18F3NS/c31-30(32,33)22-14-12-19(13-15-22)20-6-5-7-21(18-20)23-16-17-26(25-9-2-1-8-24(23)25)29-34-27-10-3-4-11-28(27)35-29/h1-18H. The first-order chi connectivity index (χ1) is 17.0. The van der Waals surface area contributed by atoms with Crippen molar-refractivity contribution in [2.75, 3.05) is 0 Å². The van der Waals surface area contributed by atoms with Crippen LogP contribution in [0.15, 0.2) is 109 Å². The summed E-state index contributed by atoms with van der Waals surface area (Å²) in [4.78, 5) is 4.85.